The second-order valence-electron chi connectivity index (χ2n) is 3.07. The first-order valence-electron chi connectivity index (χ1n) is 3.96. The predicted molar refractivity (Wildman–Crippen MR) is 52.1 cm³/mol. The van der Waals surface area contributed by atoms with Gasteiger partial charge in [-0.25, -0.2) is 4.79 Å². The fourth-order valence-electron chi connectivity index (χ4n) is 1.35. The molecule has 0 bridgehead atoms. The number of rotatable bonds is 0. The monoisotopic (exact) mass is 191 g/mol. The minimum atomic E-state index is -0.594. The Morgan fingerprint density at radius 2 is 1.43 bits per heavy atom. The highest BCUT2D eigenvalue weighted by Gasteiger charge is 2.15. The fourth-order valence-corrected chi connectivity index (χ4v) is 1.35. The van der Waals surface area contributed by atoms with Crippen LogP contribution in [0.5, 0.6) is 0 Å². The van der Waals surface area contributed by atoms with Crippen LogP contribution in [0.1, 0.15) is 5.56 Å². The van der Waals surface area contributed by atoms with E-state index in [1.165, 1.54) is 0 Å². The van der Waals surface area contributed by atoms with Gasteiger partial charge < -0.3 is 17.2 Å². The van der Waals surface area contributed by atoms with Gasteiger partial charge in [-0.2, -0.15) is 9.98 Å². The largest absolute Gasteiger partial charge is 0.397 e. The molecular formula is C8H9N5O. The number of benzene rings is 1. The van der Waals surface area contributed by atoms with Crippen LogP contribution in [0.25, 0.3) is 0 Å². The lowest BCUT2D eigenvalue weighted by Crippen LogP contribution is -2.30. The molecule has 0 fully saturated rings. The molecule has 1 aromatic carbocycles. The van der Waals surface area contributed by atoms with Crippen molar-refractivity contribution in [2.45, 2.75) is 6.92 Å². The molecule has 2 rings (SSSR count). The molecule has 72 valence electrons. The summed E-state index contributed by atoms with van der Waals surface area (Å²) in [7, 11) is 0. The molecule has 0 atom stereocenters. The molecule has 0 saturated carbocycles. The number of nitrogens with zero attached hydrogens (tertiary/aromatic N) is 2. The summed E-state index contributed by atoms with van der Waals surface area (Å²) in [4.78, 5) is 18.2. The van der Waals surface area contributed by atoms with Crippen LogP contribution in [0.3, 0.4) is 0 Å². The highest BCUT2D eigenvalue weighted by molar-refractivity contribution is 5.83. The van der Waals surface area contributed by atoms with Crippen molar-refractivity contribution >= 4 is 23.1 Å². The highest BCUT2D eigenvalue weighted by Crippen LogP contribution is 2.18. The molecule has 0 saturated heterocycles. The van der Waals surface area contributed by atoms with Gasteiger partial charge in [0.1, 0.15) is 10.7 Å². The number of fused-ring (bicyclic) bond motifs is 1. The van der Waals surface area contributed by atoms with Crippen LogP contribution in [0.4, 0.5) is 21.9 Å². The molecule has 1 aliphatic rings. The molecule has 0 aliphatic carbocycles. The van der Waals surface area contributed by atoms with Crippen LogP contribution < -0.4 is 27.9 Å². The number of hydrogen-bond acceptors (Lipinski definition) is 4. The van der Waals surface area contributed by atoms with Gasteiger partial charge in [0.2, 0.25) is 0 Å². The first-order chi connectivity index (χ1) is 6.52. The second-order valence-corrected chi connectivity index (χ2v) is 3.07. The molecule has 1 heterocycles. The van der Waals surface area contributed by atoms with E-state index in [0.717, 1.165) is 0 Å². The molecule has 0 aromatic heterocycles. The van der Waals surface area contributed by atoms with Gasteiger partial charge in [-0.05, 0) is 12.5 Å². The Hall–Kier alpha value is -2.11. The Morgan fingerprint density at radius 1 is 0.929 bits per heavy atom. The molecule has 6 nitrogen and oxygen atoms in total. The van der Waals surface area contributed by atoms with Crippen molar-refractivity contribution in [3.8, 4) is 0 Å². The van der Waals surface area contributed by atoms with E-state index in [4.69, 9.17) is 17.2 Å². The van der Waals surface area contributed by atoms with Crippen LogP contribution in [0.2, 0.25) is 0 Å². The second kappa shape index (κ2) is 2.44. The van der Waals surface area contributed by atoms with Gasteiger partial charge in [-0.3, -0.25) is 0 Å². The number of carbonyl (C=O) groups is 1. The zero-order valence-corrected chi connectivity index (χ0v) is 7.53. The van der Waals surface area contributed by atoms with Gasteiger partial charge in [-0.15, -0.1) is 0 Å². The van der Waals surface area contributed by atoms with Crippen LogP contribution in [0.15, 0.2) is 9.98 Å². The maximum atomic E-state index is 10.9. The molecule has 1 aromatic rings. The first-order valence-corrected chi connectivity index (χ1v) is 3.96. The Morgan fingerprint density at radius 3 is 2.00 bits per heavy atom. The van der Waals surface area contributed by atoms with Gasteiger partial charge in [0.25, 0.3) is 0 Å². The van der Waals surface area contributed by atoms with Gasteiger partial charge in [0, 0.05) is 0 Å². The Balaban J connectivity index is 3.07. The molecule has 0 radical (unpaired) electrons. The van der Waals surface area contributed by atoms with Crippen molar-refractivity contribution in [2.75, 3.05) is 17.2 Å². The smallest absolute Gasteiger partial charge is 0.368 e. The zero-order valence-electron chi connectivity index (χ0n) is 7.53. The number of urea groups is 1. The van der Waals surface area contributed by atoms with Crippen LogP contribution in [-0.4, -0.2) is 6.03 Å². The van der Waals surface area contributed by atoms with Crippen molar-refractivity contribution in [1.29, 1.82) is 0 Å². The van der Waals surface area contributed by atoms with Crippen molar-refractivity contribution in [3.05, 3.63) is 16.3 Å². The number of amides is 2. The highest BCUT2D eigenvalue weighted by atomic mass is 16.2. The quantitative estimate of drug-likeness (QED) is 0.461. The molecule has 1 aliphatic heterocycles. The standard InChI is InChI=1S/C8H9N5O/c1-2-3(9)5(11)7-6(4(2)10)12-8(14)13-7/h9-11H2,1H3. The molecule has 6 heteroatoms. The molecule has 0 unspecified atom stereocenters. The third-order valence-corrected chi connectivity index (χ3v) is 2.25. The lowest BCUT2D eigenvalue weighted by Gasteiger charge is -2.06. The van der Waals surface area contributed by atoms with Crippen molar-refractivity contribution in [3.63, 3.8) is 0 Å². The number of hydrogen-bond donors (Lipinski definition) is 3. The number of anilines is 3. The van der Waals surface area contributed by atoms with Crippen molar-refractivity contribution in [2.24, 2.45) is 9.98 Å². The lowest BCUT2D eigenvalue weighted by molar-refractivity contribution is 0.257. The molecular weight excluding hydrogens is 182 g/mol. The van der Waals surface area contributed by atoms with E-state index in [2.05, 4.69) is 9.98 Å². The summed E-state index contributed by atoms with van der Waals surface area (Å²) < 4.78 is 0. The zero-order chi connectivity index (χ0) is 10.5. The van der Waals surface area contributed by atoms with E-state index in [-0.39, 0.29) is 11.0 Å². The Bertz CT molecular complexity index is 511. The summed E-state index contributed by atoms with van der Waals surface area (Å²) in [6.45, 7) is 1.72. The fraction of sp³-hybridized carbons (Fsp3) is 0.125. The Kier molecular flexibility index (Phi) is 1.48. The van der Waals surface area contributed by atoms with Crippen molar-refractivity contribution in [1.82, 2.24) is 0 Å². The van der Waals surface area contributed by atoms with Gasteiger partial charge in [0.15, 0.2) is 0 Å². The van der Waals surface area contributed by atoms with Crippen LogP contribution >= 0.6 is 0 Å². The third kappa shape index (κ3) is 0.875. The third-order valence-electron chi connectivity index (χ3n) is 2.25. The lowest BCUT2D eigenvalue weighted by atomic mass is 10.1. The SMILES string of the molecule is Cc1c(N)c(N)c2c(c1N)=NC(=O)N=2. The summed E-state index contributed by atoms with van der Waals surface area (Å²) in [5, 5.41) is 0.620. The molecule has 6 N–H and O–H groups in total. The van der Waals surface area contributed by atoms with E-state index in [9.17, 15) is 4.79 Å². The topological polar surface area (TPSA) is 120 Å². The van der Waals surface area contributed by atoms with Gasteiger partial charge >= 0.3 is 6.03 Å². The van der Waals surface area contributed by atoms with Crippen LogP contribution in [-0.2, 0) is 0 Å². The molecule has 0 spiro atoms. The minimum Gasteiger partial charge on any atom is -0.397 e. The van der Waals surface area contributed by atoms with E-state index < -0.39 is 6.03 Å². The summed E-state index contributed by atoms with van der Waals surface area (Å²) in [6, 6.07) is -0.594. The maximum Gasteiger partial charge on any atom is 0.368 e. The average molecular weight is 191 g/mol. The maximum absolute atomic E-state index is 10.9. The van der Waals surface area contributed by atoms with E-state index in [0.29, 0.717) is 22.3 Å². The van der Waals surface area contributed by atoms with Crippen molar-refractivity contribution < 1.29 is 4.79 Å². The van der Waals surface area contributed by atoms with E-state index in [1.807, 2.05) is 0 Å². The van der Waals surface area contributed by atoms with E-state index in [1.54, 1.807) is 6.92 Å². The van der Waals surface area contributed by atoms with Gasteiger partial charge in [-0.1, -0.05) is 0 Å². The molecule has 2 amide bonds. The average Bonchev–Trinajstić information content (AvgIpc) is 2.54. The number of carbonyl (C=O) groups excluding carboxylic acids is 1. The number of nitrogen functional groups attached to an aromatic ring is 3. The molecule has 14 heavy (non-hydrogen) atoms. The summed E-state index contributed by atoms with van der Waals surface area (Å²) in [5.74, 6) is 0. The predicted octanol–water partition coefficient (Wildman–Crippen LogP) is -0.886. The van der Waals surface area contributed by atoms with E-state index >= 15 is 0 Å². The minimum absolute atomic E-state index is 0.265. The summed E-state index contributed by atoms with van der Waals surface area (Å²) in [6.07, 6.45) is 0. The Labute approximate surface area is 79.1 Å². The normalized spacial score (nSPS) is 13.4. The number of nitrogens with two attached hydrogens (primary N) is 3. The summed E-state index contributed by atoms with van der Waals surface area (Å²) in [5.41, 5.74) is 18.7. The van der Waals surface area contributed by atoms with Gasteiger partial charge in [0.05, 0.1) is 17.1 Å². The van der Waals surface area contributed by atoms with Crippen LogP contribution in [0, 0.1) is 6.92 Å². The summed E-state index contributed by atoms with van der Waals surface area (Å²) >= 11 is 0. The first kappa shape index (κ1) is 8.49.